The molecule has 0 saturated carbocycles. The van der Waals surface area contributed by atoms with E-state index in [-0.39, 0.29) is 17.8 Å². The minimum absolute atomic E-state index is 0.00475. The van der Waals surface area contributed by atoms with Gasteiger partial charge in [-0.05, 0) is 31.9 Å². The minimum atomic E-state index is -1.06. The Hall–Kier alpha value is -2.11. The lowest BCUT2D eigenvalue weighted by Crippen LogP contribution is -2.44. The van der Waals surface area contributed by atoms with Gasteiger partial charge >= 0.3 is 12.0 Å². The van der Waals surface area contributed by atoms with Crippen LogP contribution in [0.15, 0.2) is 18.3 Å². The van der Waals surface area contributed by atoms with Gasteiger partial charge in [-0.1, -0.05) is 13.0 Å². The molecule has 1 rings (SSSR count). The maximum Gasteiger partial charge on any atom is 0.354 e. The van der Waals surface area contributed by atoms with Crippen LogP contribution in [0, 0.1) is 0 Å². The number of urea groups is 1. The van der Waals surface area contributed by atoms with Crippen molar-refractivity contribution in [3.05, 3.63) is 29.6 Å². The highest BCUT2D eigenvalue weighted by molar-refractivity contribution is 5.85. The largest absolute Gasteiger partial charge is 0.477 e. The zero-order valence-electron chi connectivity index (χ0n) is 12.1. The number of amides is 2. The van der Waals surface area contributed by atoms with Crippen molar-refractivity contribution in [2.24, 2.45) is 0 Å². The van der Waals surface area contributed by atoms with Crippen LogP contribution in [0.3, 0.4) is 0 Å². The van der Waals surface area contributed by atoms with Gasteiger partial charge in [-0.15, -0.1) is 0 Å². The summed E-state index contributed by atoms with van der Waals surface area (Å²) >= 11 is 0. The Morgan fingerprint density at radius 1 is 1.40 bits per heavy atom. The molecule has 0 bridgehead atoms. The molecule has 0 atom stereocenters. The molecular weight excluding hydrogens is 258 g/mol. The summed E-state index contributed by atoms with van der Waals surface area (Å²) in [6.07, 6.45) is 2.36. The third-order valence-corrected chi connectivity index (χ3v) is 2.84. The number of nitrogens with one attached hydrogen (secondary N) is 1. The SMILES string of the molecule is CCCN(C(=O)NCc1ccc(C(=O)O)nc1)C(C)C. The first-order chi connectivity index (χ1) is 9.45. The molecule has 0 aliphatic carbocycles. The van der Waals surface area contributed by atoms with E-state index in [2.05, 4.69) is 10.3 Å². The van der Waals surface area contributed by atoms with Gasteiger partial charge in [0.25, 0.3) is 0 Å². The number of aromatic carboxylic acids is 1. The Kier molecular flexibility index (Phi) is 5.96. The fourth-order valence-electron chi connectivity index (χ4n) is 1.77. The van der Waals surface area contributed by atoms with Crippen molar-refractivity contribution in [2.75, 3.05) is 6.54 Å². The number of carbonyl (C=O) groups excluding carboxylic acids is 1. The molecule has 0 radical (unpaired) electrons. The molecule has 0 spiro atoms. The van der Waals surface area contributed by atoms with E-state index in [9.17, 15) is 9.59 Å². The van der Waals surface area contributed by atoms with Crippen LogP contribution >= 0.6 is 0 Å². The Morgan fingerprint density at radius 3 is 2.55 bits per heavy atom. The maximum atomic E-state index is 12.0. The van der Waals surface area contributed by atoms with Gasteiger partial charge in [-0.2, -0.15) is 0 Å². The molecule has 0 aliphatic heterocycles. The van der Waals surface area contributed by atoms with Gasteiger partial charge in [0.2, 0.25) is 0 Å². The number of hydrogen-bond acceptors (Lipinski definition) is 3. The molecule has 2 N–H and O–H groups in total. The molecule has 1 aromatic rings. The van der Waals surface area contributed by atoms with Crippen molar-refractivity contribution in [3.63, 3.8) is 0 Å². The van der Waals surface area contributed by atoms with Crippen LogP contribution in [0.1, 0.15) is 43.2 Å². The monoisotopic (exact) mass is 279 g/mol. The van der Waals surface area contributed by atoms with Gasteiger partial charge in [0, 0.05) is 25.3 Å². The zero-order chi connectivity index (χ0) is 15.1. The van der Waals surface area contributed by atoms with E-state index in [0.29, 0.717) is 13.1 Å². The van der Waals surface area contributed by atoms with Gasteiger partial charge < -0.3 is 15.3 Å². The summed E-state index contributed by atoms with van der Waals surface area (Å²) in [5.74, 6) is -1.06. The molecule has 20 heavy (non-hydrogen) atoms. The van der Waals surface area contributed by atoms with Crippen LogP contribution in [-0.4, -0.2) is 39.6 Å². The highest BCUT2D eigenvalue weighted by Crippen LogP contribution is 2.03. The predicted octanol–water partition coefficient (Wildman–Crippen LogP) is 2.11. The molecule has 6 nitrogen and oxygen atoms in total. The number of carbonyl (C=O) groups is 2. The summed E-state index contributed by atoms with van der Waals surface area (Å²) in [6.45, 7) is 7.01. The number of carboxylic acid groups (broad SMARTS) is 1. The Bertz CT molecular complexity index is 457. The van der Waals surface area contributed by atoms with Crippen molar-refractivity contribution in [1.82, 2.24) is 15.2 Å². The maximum absolute atomic E-state index is 12.0. The number of carboxylic acids is 1. The summed E-state index contributed by atoms with van der Waals surface area (Å²) in [5, 5.41) is 11.6. The van der Waals surface area contributed by atoms with Crippen molar-refractivity contribution in [3.8, 4) is 0 Å². The van der Waals surface area contributed by atoms with Gasteiger partial charge in [0.15, 0.2) is 0 Å². The van der Waals surface area contributed by atoms with Crippen molar-refractivity contribution >= 4 is 12.0 Å². The fraction of sp³-hybridized carbons (Fsp3) is 0.500. The average Bonchev–Trinajstić information content (AvgIpc) is 2.42. The normalized spacial score (nSPS) is 10.4. The molecule has 1 heterocycles. The predicted molar refractivity (Wildman–Crippen MR) is 75.6 cm³/mol. The van der Waals surface area contributed by atoms with Crippen LogP contribution in [0.4, 0.5) is 4.79 Å². The van der Waals surface area contributed by atoms with Crippen molar-refractivity contribution in [1.29, 1.82) is 0 Å². The second-order valence-electron chi connectivity index (χ2n) is 4.80. The number of hydrogen-bond donors (Lipinski definition) is 2. The van der Waals surface area contributed by atoms with E-state index in [0.717, 1.165) is 12.0 Å². The molecule has 1 aromatic heterocycles. The van der Waals surface area contributed by atoms with Crippen molar-refractivity contribution < 1.29 is 14.7 Å². The lowest BCUT2D eigenvalue weighted by atomic mass is 10.2. The third kappa shape index (κ3) is 4.53. The first-order valence-corrected chi connectivity index (χ1v) is 6.68. The standard InChI is InChI=1S/C14H21N3O3/c1-4-7-17(10(2)3)14(20)16-9-11-5-6-12(13(18)19)15-8-11/h5-6,8,10H,4,7,9H2,1-3H3,(H,16,20)(H,18,19). The summed E-state index contributed by atoms with van der Waals surface area (Å²) in [5.41, 5.74) is 0.762. The quantitative estimate of drug-likeness (QED) is 0.835. The van der Waals surface area contributed by atoms with Crippen LogP contribution < -0.4 is 5.32 Å². The smallest absolute Gasteiger partial charge is 0.354 e. The number of nitrogens with zero attached hydrogens (tertiary/aromatic N) is 2. The first kappa shape index (κ1) is 15.9. The molecule has 0 unspecified atom stereocenters. The van der Waals surface area contributed by atoms with Crippen LogP contribution in [0.25, 0.3) is 0 Å². The molecule has 0 aromatic carbocycles. The highest BCUT2D eigenvalue weighted by Gasteiger charge is 2.15. The number of pyridine rings is 1. The Balaban J connectivity index is 2.57. The Labute approximate surface area is 118 Å². The van der Waals surface area contributed by atoms with E-state index >= 15 is 0 Å². The van der Waals surface area contributed by atoms with E-state index in [1.54, 1.807) is 11.0 Å². The summed E-state index contributed by atoms with van der Waals surface area (Å²) < 4.78 is 0. The van der Waals surface area contributed by atoms with Gasteiger partial charge in [-0.3, -0.25) is 0 Å². The van der Waals surface area contributed by atoms with E-state index < -0.39 is 5.97 Å². The summed E-state index contributed by atoms with van der Waals surface area (Å²) in [4.78, 5) is 28.3. The van der Waals surface area contributed by atoms with E-state index in [1.807, 2.05) is 20.8 Å². The number of aromatic nitrogens is 1. The summed E-state index contributed by atoms with van der Waals surface area (Å²) in [6, 6.07) is 3.10. The second-order valence-corrected chi connectivity index (χ2v) is 4.80. The van der Waals surface area contributed by atoms with Crippen LogP contribution in [0.2, 0.25) is 0 Å². The fourth-order valence-corrected chi connectivity index (χ4v) is 1.77. The molecule has 2 amide bonds. The van der Waals surface area contributed by atoms with Gasteiger partial charge in [-0.25, -0.2) is 14.6 Å². The Morgan fingerprint density at radius 2 is 2.10 bits per heavy atom. The average molecular weight is 279 g/mol. The molecular formula is C14H21N3O3. The third-order valence-electron chi connectivity index (χ3n) is 2.84. The van der Waals surface area contributed by atoms with E-state index in [1.165, 1.54) is 12.3 Å². The molecule has 6 heteroatoms. The minimum Gasteiger partial charge on any atom is -0.477 e. The highest BCUT2D eigenvalue weighted by atomic mass is 16.4. The zero-order valence-corrected chi connectivity index (χ0v) is 12.1. The molecule has 0 fully saturated rings. The van der Waals surface area contributed by atoms with Gasteiger partial charge in [0.05, 0.1) is 0 Å². The van der Waals surface area contributed by atoms with Gasteiger partial charge in [0.1, 0.15) is 5.69 Å². The first-order valence-electron chi connectivity index (χ1n) is 6.68. The molecule has 0 saturated heterocycles. The number of rotatable bonds is 6. The lowest BCUT2D eigenvalue weighted by Gasteiger charge is -2.26. The van der Waals surface area contributed by atoms with Crippen LogP contribution in [0.5, 0.6) is 0 Å². The molecule has 0 aliphatic rings. The molecule has 110 valence electrons. The lowest BCUT2D eigenvalue weighted by molar-refractivity contribution is 0.0690. The van der Waals surface area contributed by atoms with Crippen LogP contribution in [-0.2, 0) is 6.54 Å². The van der Waals surface area contributed by atoms with Crippen molar-refractivity contribution in [2.45, 2.75) is 39.8 Å². The summed E-state index contributed by atoms with van der Waals surface area (Å²) in [7, 11) is 0. The second kappa shape index (κ2) is 7.47. The topological polar surface area (TPSA) is 82.5 Å². The van der Waals surface area contributed by atoms with E-state index in [4.69, 9.17) is 5.11 Å².